The highest BCUT2D eigenvalue weighted by atomic mass is 16.7. The summed E-state index contributed by atoms with van der Waals surface area (Å²) in [6.45, 7) is 4.67. The Labute approximate surface area is 104 Å². The second kappa shape index (κ2) is 5.64. The van der Waals surface area contributed by atoms with Gasteiger partial charge in [-0.3, -0.25) is 4.79 Å². The van der Waals surface area contributed by atoms with Crippen LogP contribution >= 0.6 is 0 Å². The molecular formula is C11H18O7. The molecule has 0 spiro atoms. The van der Waals surface area contributed by atoms with Gasteiger partial charge in [-0.05, 0) is 0 Å². The first-order valence-corrected chi connectivity index (χ1v) is 5.70. The van der Waals surface area contributed by atoms with E-state index in [1.807, 2.05) is 0 Å². The monoisotopic (exact) mass is 262 g/mol. The Kier molecular flexibility index (Phi) is 4.66. The second-order valence-corrected chi connectivity index (χ2v) is 4.70. The summed E-state index contributed by atoms with van der Waals surface area (Å²) in [5, 5.41) is 28.3. The average molecular weight is 262 g/mol. The lowest BCUT2D eigenvalue weighted by molar-refractivity contribution is -0.274. The van der Waals surface area contributed by atoms with Crippen LogP contribution < -0.4 is 0 Å². The number of aliphatic carboxylic acids is 1. The molecule has 1 aliphatic heterocycles. The van der Waals surface area contributed by atoms with Gasteiger partial charge in [-0.25, -0.2) is 4.79 Å². The average Bonchev–Trinajstić information content (AvgIpc) is 2.29. The minimum atomic E-state index is -1.52. The van der Waals surface area contributed by atoms with Crippen LogP contribution in [0.4, 0.5) is 0 Å². The van der Waals surface area contributed by atoms with Crippen LogP contribution in [0.15, 0.2) is 0 Å². The van der Waals surface area contributed by atoms with E-state index in [9.17, 15) is 19.8 Å². The predicted molar refractivity (Wildman–Crippen MR) is 58.4 cm³/mol. The lowest BCUT2D eigenvalue weighted by Gasteiger charge is -2.39. The molecule has 1 heterocycles. The molecule has 1 aliphatic rings. The highest BCUT2D eigenvalue weighted by molar-refractivity contribution is 5.74. The molecule has 0 aromatic carbocycles. The Morgan fingerprint density at radius 3 is 2.22 bits per heavy atom. The van der Waals surface area contributed by atoms with Gasteiger partial charge < -0.3 is 24.8 Å². The molecule has 0 radical (unpaired) electrons. The third-order valence-electron chi connectivity index (χ3n) is 2.89. The van der Waals surface area contributed by atoms with E-state index in [4.69, 9.17) is 14.6 Å². The topological polar surface area (TPSA) is 113 Å². The first-order valence-electron chi connectivity index (χ1n) is 5.70. The number of carbonyl (C=O) groups excluding carboxylic acids is 1. The van der Waals surface area contributed by atoms with Crippen molar-refractivity contribution in [2.75, 3.05) is 0 Å². The molecule has 0 amide bonds. The molecule has 5 unspecified atom stereocenters. The van der Waals surface area contributed by atoms with Crippen molar-refractivity contribution in [1.29, 1.82) is 0 Å². The quantitative estimate of drug-likeness (QED) is 0.579. The zero-order valence-electron chi connectivity index (χ0n) is 10.4. The van der Waals surface area contributed by atoms with E-state index in [2.05, 4.69) is 0 Å². The van der Waals surface area contributed by atoms with E-state index >= 15 is 0 Å². The fraction of sp³-hybridized carbons (Fsp3) is 0.818. The van der Waals surface area contributed by atoms with E-state index in [0.29, 0.717) is 0 Å². The zero-order valence-corrected chi connectivity index (χ0v) is 10.4. The van der Waals surface area contributed by atoms with Crippen molar-refractivity contribution < 1.29 is 34.4 Å². The van der Waals surface area contributed by atoms with Gasteiger partial charge in [-0.15, -0.1) is 0 Å². The Hall–Kier alpha value is -1.18. The van der Waals surface area contributed by atoms with Gasteiger partial charge in [0.05, 0.1) is 12.0 Å². The largest absolute Gasteiger partial charge is 0.479 e. The van der Waals surface area contributed by atoms with Crippen LogP contribution in [0.1, 0.15) is 20.8 Å². The van der Waals surface area contributed by atoms with Crippen LogP contribution in [0.2, 0.25) is 0 Å². The molecular weight excluding hydrogens is 244 g/mol. The summed E-state index contributed by atoms with van der Waals surface area (Å²) < 4.78 is 9.80. The SMILES string of the molecule is CC(C)C(=O)OC1OC(C(=O)O)C(O)C(C)C1O. The van der Waals surface area contributed by atoms with Crippen molar-refractivity contribution in [3.8, 4) is 0 Å². The third-order valence-corrected chi connectivity index (χ3v) is 2.89. The lowest BCUT2D eigenvalue weighted by Crippen LogP contribution is -2.57. The maximum Gasteiger partial charge on any atom is 0.335 e. The third kappa shape index (κ3) is 2.98. The number of carbonyl (C=O) groups is 2. The Balaban J connectivity index is 2.79. The molecule has 7 heteroatoms. The number of hydrogen-bond donors (Lipinski definition) is 3. The van der Waals surface area contributed by atoms with Crippen LogP contribution in [-0.2, 0) is 19.1 Å². The van der Waals surface area contributed by atoms with Gasteiger partial charge >= 0.3 is 11.9 Å². The van der Waals surface area contributed by atoms with Crippen molar-refractivity contribution in [2.24, 2.45) is 11.8 Å². The summed E-state index contributed by atoms with van der Waals surface area (Å²) in [6, 6.07) is 0. The normalized spacial score (nSPS) is 36.4. The Morgan fingerprint density at radius 1 is 1.22 bits per heavy atom. The van der Waals surface area contributed by atoms with Crippen LogP contribution in [0, 0.1) is 11.8 Å². The first-order chi connectivity index (χ1) is 8.25. The molecule has 1 rings (SSSR count). The molecule has 5 atom stereocenters. The van der Waals surface area contributed by atoms with Gasteiger partial charge in [0.15, 0.2) is 6.10 Å². The van der Waals surface area contributed by atoms with Crippen molar-refractivity contribution in [2.45, 2.75) is 45.4 Å². The van der Waals surface area contributed by atoms with Gasteiger partial charge in [0.2, 0.25) is 6.29 Å². The highest BCUT2D eigenvalue weighted by Crippen LogP contribution is 2.27. The number of aliphatic hydroxyl groups is 2. The summed E-state index contributed by atoms with van der Waals surface area (Å²) in [7, 11) is 0. The Bertz CT molecular complexity index is 327. The zero-order chi connectivity index (χ0) is 14.0. The minimum absolute atomic E-state index is 0.425. The van der Waals surface area contributed by atoms with Crippen molar-refractivity contribution in [3.63, 3.8) is 0 Å². The molecule has 0 saturated carbocycles. The van der Waals surface area contributed by atoms with Gasteiger partial charge in [0.1, 0.15) is 6.10 Å². The number of esters is 1. The van der Waals surface area contributed by atoms with Gasteiger partial charge in [-0.1, -0.05) is 20.8 Å². The lowest BCUT2D eigenvalue weighted by atomic mass is 9.90. The number of hydrogen-bond acceptors (Lipinski definition) is 6. The van der Waals surface area contributed by atoms with E-state index in [1.165, 1.54) is 6.92 Å². The van der Waals surface area contributed by atoms with Crippen molar-refractivity contribution in [1.82, 2.24) is 0 Å². The summed E-state index contributed by atoms with van der Waals surface area (Å²) in [6.07, 6.45) is -5.52. The fourth-order valence-corrected chi connectivity index (χ4v) is 1.58. The number of carboxylic acids is 1. The molecule has 0 aromatic heterocycles. The minimum Gasteiger partial charge on any atom is -0.479 e. The van der Waals surface area contributed by atoms with Crippen LogP contribution in [0.5, 0.6) is 0 Å². The van der Waals surface area contributed by atoms with Crippen LogP contribution in [0.3, 0.4) is 0 Å². The van der Waals surface area contributed by atoms with E-state index in [1.54, 1.807) is 13.8 Å². The fourth-order valence-electron chi connectivity index (χ4n) is 1.58. The summed E-state index contributed by atoms with van der Waals surface area (Å²) in [5.74, 6) is -3.17. The Morgan fingerprint density at radius 2 is 1.78 bits per heavy atom. The van der Waals surface area contributed by atoms with Crippen molar-refractivity contribution in [3.05, 3.63) is 0 Å². The molecule has 7 nitrogen and oxygen atoms in total. The van der Waals surface area contributed by atoms with Gasteiger partial charge in [0.25, 0.3) is 0 Å². The second-order valence-electron chi connectivity index (χ2n) is 4.70. The number of rotatable bonds is 3. The molecule has 18 heavy (non-hydrogen) atoms. The standard InChI is InChI=1S/C11H18O7/c1-4(2)10(16)18-11-7(13)5(3)6(12)8(17-11)9(14)15/h4-8,11-13H,1-3H3,(H,14,15). The molecule has 3 N–H and O–H groups in total. The van der Waals surface area contributed by atoms with Gasteiger partial charge in [0, 0.05) is 5.92 Å². The van der Waals surface area contributed by atoms with Crippen molar-refractivity contribution >= 4 is 11.9 Å². The molecule has 1 fully saturated rings. The van der Waals surface area contributed by atoms with Crippen LogP contribution in [-0.4, -0.2) is 51.9 Å². The summed E-state index contributed by atoms with van der Waals surface area (Å²) >= 11 is 0. The van der Waals surface area contributed by atoms with Gasteiger partial charge in [-0.2, -0.15) is 0 Å². The highest BCUT2D eigenvalue weighted by Gasteiger charge is 2.47. The number of ether oxygens (including phenoxy) is 2. The molecule has 104 valence electrons. The smallest absolute Gasteiger partial charge is 0.335 e. The molecule has 0 bridgehead atoms. The van der Waals surface area contributed by atoms with E-state index in [-0.39, 0.29) is 0 Å². The van der Waals surface area contributed by atoms with E-state index < -0.39 is 48.4 Å². The number of aliphatic hydroxyl groups excluding tert-OH is 2. The summed E-state index contributed by atoms with van der Waals surface area (Å²) in [4.78, 5) is 22.3. The van der Waals surface area contributed by atoms with E-state index in [0.717, 1.165) is 0 Å². The maximum absolute atomic E-state index is 11.4. The van der Waals surface area contributed by atoms with Crippen LogP contribution in [0.25, 0.3) is 0 Å². The first kappa shape index (κ1) is 14.9. The molecule has 1 saturated heterocycles. The number of carboxylic acid groups (broad SMARTS) is 1. The summed E-state index contributed by atoms with van der Waals surface area (Å²) in [5.41, 5.74) is 0. The molecule has 0 aromatic rings. The predicted octanol–water partition coefficient (Wildman–Crippen LogP) is -0.647. The maximum atomic E-state index is 11.4. The molecule has 0 aliphatic carbocycles.